The fourth-order valence-electron chi connectivity index (χ4n) is 2.23. The second kappa shape index (κ2) is 5.65. The van der Waals surface area contributed by atoms with Crippen molar-refractivity contribution in [3.8, 4) is 0 Å². The van der Waals surface area contributed by atoms with Gasteiger partial charge in [0.1, 0.15) is 0 Å². The highest BCUT2D eigenvalue weighted by Crippen LogP contribution is 2.29. The molecule has 0 amide bonds. The zero-order valence-electron chi connectivity index (χ0n) is 11.0. The number of hydrogen-bond donors (Lipinski definition) is 1. The molecule has 0 radical (unpaired) electrons. The first kappa shape index (κ1) is 12.5. The van der Waals surface area contributed by atoms with Crippen molar-refractivity contribution >= 4 is 11.8 Å². The quantitative estimate of drug-likeness (QED) is 0.930. The molecule has 1 unspecified atom stereocenters. The molecule has 0 bridgehead atoms. The monoisotopic (exact) mass is 274 g/mol. The van der Waals surface area contributed by atoms with Gasteiger partial charge in [-0.1, -0.05) is 55.4 Å². The van der Waals surface area contributed by atoms with Crippen LogP contribution in [0.15, 0.2) is 35.5 Å². The standard InChI is InChI=1S/C14H18N4S/c1-2-3-9-13-15-16-14-18(13)17-12(10-19-14)11-7-5-4-6-8-11/h4-8,12,17H,2-3,9-10H2,1H3. The Balaban J connectivity index is 1.80. The average Bonchev–Trinajstić information content (AvgIpc) is 2.88. The van der Waals surface area contributed by atoms with Crippen LogP contribution in [0.4, 0.5) is 0 Å². The van der Waals surface area contributed by atoms with Gasteiger partial charge in [0, 0.05) is 12.2 Å². The van der Waals surface area contributed by atoms with E-state index in [1.807, 2.05) is 0 Å². The molecular formula is C14H18N4S. The van der Waals surface area contributed by atoms with E-state index in [2.05, 4.69) is 57.6 Å². The van der Waals surface area contributed by atoms with Crippen molar-refractivity contribution in [2.75, 3.05) is 11.2 Å². The van der Waals surface area contributed by atoms with Gasteiger partial charge in [0.05, 0.1) is 6.04 Å². The molecule has 2 heterocycles. The van der Waals surface area contributed by atoms with E-state index in [0.717, 1.165) is 29.6 Å². The van der Waals surface area contributed by atoms with Crippen molar-refractivity contribution in [2.24, 2.45) is 0 Å². The summed E-state index contributed by atoms with van der Waals surface area (Å²) in [6.07, 6.45) is 3.32. The van der Waals surface area contributed by atoms with Gasteiger partial charge in [0.15, 0.2) is 5.82 Å². The molecular weight excluding hydrogens is 256 g/mol. The van der Waals surface area contributed by atoms with Gasteiger partial charge in [-0.05, 0) is 12.0 Å². The molecule has 0 saturated heterocycles. The van der Waals surface area contributed by atoms with Crippen LogP contribution in [0.5, 0.6) is 0 Å². The molecule has 0 spiro atoms. The molecule has 5 heteroatoms. The minimum absolute atomic E-state index is 0.329. The third kappa shape index (κ3) is 2.61. The lowest BCUT2D eigenvalue weighted by Gasteiger charge is -2.26. The van der Waals surface area contributed by atoms with Gasteiger partial charge in [0.2, 0.25) is 5.16 Å². The Morgan fingerprint density at radius 3 is 2.95 bits per heavy atom. The molecule has 1 aromatic heterocycles. The van der Waals surface area contributed by atoms with Crippen LogP contribution in [-0.2, 0) is 6.42 Å². The van der Waals surface area contributed by atoms with Crippen molar-refractivity contribution in [2.45, 2.75) is 37.4 Å². The zero-order valence-corrected chi connectivity index (χ0v) is 11.9. The second-order valence-electron chi connectivity index (χ2n) is 4.74. The Morgan fingerprint density at radius 2 is 2.16 bits per heavy atom. The predicted molar refractivity (Wildman–Crippen MR) is 77.9 cm³/mol. The molecule has 4 nitrogen and oxygen atoms in total. The van der Waals surface area contributed by atoms with Gasteiger partial charge in [-0.25, -0.2) is 4.68 Å². The van der Waals surface area contributed by atoms with Crippen molar-refractivity contribution in [1.82, 2.24) is 14.9 Å². The number of unbranched alkanes of at least 4 members (excludes halogenated alkanes) is 1. The molecule has 100 valence electrons. The third-order valence-electron chi connectivity index (χ3n) is 3.32. The summed E-state index contributed by atoms with van der Waals surface area (Å²) < 4.78 is 2.07. The van der Waals surface area contributed by atoms with E-state index in [0.29, 0.717) is 6.04 Å². The number of fused-ring (bicyclic) bond motifs is 1. The Hall–Kier alpha value is -1.49. The first-order valence-electron chi connectivity index (χ1n) is 6.77. The maximum absolute atomic E-state index is 4.29. The van der Waals surface area contributed by atoms with Gasteiger partial charge in [-0.2, -0.15) is 0 Å². The van der Waals surface area contributed by atoms with Gasteiger partial charge in [-0.15, -0.1) is 10.2 Å². The fraction of sp³-hybridized carbons (Fsp3) is 0.429. The first-order chi connectivity index (χ1) is 9.38. The highest BCUT2D eigenvalue weighted by Gasteiger charge is 2.23. The number of hydrogen-bond acceptors (Lipinski definition) is 4. The molecule has 1 aliphatic rings. The molecule has 1 atom stereocenters. The number of nitrogens with zero attached hydrogens (tertiary/aromatic N) is 3. The predicted octanol–water partition coefficient (Wildman–Crippen LogP) is 3.01. The highest BCUT2D eigenvalue weighted by molar-refractivity contribution is 7.99. The van der Waals surface area contributed by atoms with E-state index < -0.39 is 0 Å². The Morgan fingerprint density at radius 1 is 1.32 bits per heavy atom. The first-order valence-corrected chi connectivity index (χ1v) is 7.75. The lowest BCUT2D eigenvalue weighted by atomic mass is 10.1. The average molecular weight is 274 g/mol. The van der Waals surface area contributed by atoms with E-state index in [4.69, 9.17) is 0 Å². The van der Waals surface area contributed by atoms with E-state index in [1.165, 1.54) is 12.0 Å². The Kier molecular flexibility index (Phi) is 3.73. The second-order valence-corrected chi connectivity index (χ2v) is 5.73. The number of benzene rings is 1. The summed E-state index contributed by atoms with van der Waals surface area (Å²) in [6.45, 7) is 2.20. The maximum atomic E-state index is 4.29. The van der Waals surface area contributed by atoms with Crippen molar-refractivity contribution < 1.29 is 0 Å². The van der Waals surface area contributed by atoms with Crippen molar-refractivity contribution in [1.29, 1.82) is 0 Å². The molecule has 1 N–H and O–H groups in total. The van der Waals surface area contributed by atoms with Crippen LogP contribution in [0.2, 0.25) is 0 Å². The van der Waals surface area contributed by atoms with Crippen LogP contribution >= 0.6 is 11.8 Å². The third-order valence-corrected chi connectivity index (χ3v) is 4.34. The fourth-order valence-corrected chi connectivity index (χ4v) is 3.20. The molecule has 0 fully saturated rings. The Bertz CT molecular complexity index is 538. The molecule has 3 rings (SSSR count). The van der Waals surface area contributed by atoms with Crippen LogP contribution in [0, 0.1) is 0 Å². The van der Waals surface area contributed by atoms with Crippen LogP contribution in [0.3, 0.4) is 0 Å². The van der Waals surface area contributed by atoms with Crippen LogP contribution in [0.1, 0.15) is 37.2 Å². The molecule has 0 saturated carbocycles. The smallest absolute Gasteiger partial charge is 0.210 e. The van der Waals surface area contributed by atoms with Gasteiger partial charge in [0.25, 0.3) is 0 Å². The summed E-state index contributed by atoms with van der Waals surface area (Å²) in [5, 5.41) is 9.53. The lowest BCUT2D eigenvalue weighted by Crippen LogP contribution is -2.29. The summed E-state index contributed by atoms with van der Waals surface area (Å²) >= 11 is 1.77. The SMILES string of the molecule is CCCCc1nnc2n1NC(c1ccccc1)CS2. The Labute approximate surface area is 117 Å². The maximum Gasteiger partial charge on any atom is 0.210 e. The van der Waals surface area contributed by atoms with Crippen LogP contribution in [0.25, 0.3) is 0 Å². The number of aryl methyl sites for hydroxylation is 1. The topological polar surface area (TPSA) is 42.7 Å². The van der Waals surface area contributed by atoms with E-state index in [-0.39, 0.29) is 0 Å². The van der Waals surface area contributed by atoms with E-state index in [1.54, 1.807) is 11.8 Å². The minimum atomic E-state index is 0.329. The summed E-state index contributed by atoms with van der Waals surface area (Å²) in [6, 6.07) is 10.9. The van der Waals surface area contributed by atoms with Gasteiger partial charge >= 0.3 is 0 Å². The summed E-state index contributed by atoms with van der Waals surface area (Å²) in [4.78, 5) is 0. The molecule has 1 aromatic carbocycles. The van der Waals surface area contributed by atoms with E-state index in [9.17, 15) is 0 Å². The highest BCUT2D eigenvalue weighted by atomic mass is 32.2. The number of thioether (sulfide) groups is 1. The summed E-state index contributed by atoms with van der Waals surface area (Å²) in [7, 11) is 0. The largest absolute Gasteiger partial charge is 0.314 e. The zero-order chi connectivity index (χ0) is 13.1. The van der Waals surface area contributed by atoms with Crippen molar-refractivity contribution in [3.05, 3.63) is 41.7 Å². The molecule has 1 aliphatic heterocycles. The molecule has 2 aromatic rings. The minimum Gasteiger partial charge on any atom is -0.314 e. The van der Waals surface area contributed by atoms with E-state index >= 15 is 0 Å². The van der Waals surface area contributed by atoms with Gasteiger partial charge < -0.3 is 5.43 Å². The van der Waals surface area contributed by atoms with Gasteiger partial charge in [-0.3, -0.25) is 0 Å². The number of rotatable bonds is 4. The lowest BCUT2D eigenvalue weighted by molar-refractivity contribution is 0.619. The van der Waals surface area contributed by atoms with Crippen LogP contribution < -0.4 is 5.43 Å². The number of nitrogens with one attached hydrogen (secondary N) is 1. The molecule has 19 heavy (non-hydrogen) atoms. The normalized spacial score (nSPS) is 17.8. The molecule has 0 aliphatic carbocycles. The number of aromatic nitrogens is 3. The van der Waals surface area contributed by atoms with Crippen molar-refractivity contribution in [3.63, 3.8) is 0 Å². The summed E-state index contributed by atoms with van der Waals surface area (Å²) in [5.74, 6) is 2.04. The van der Waals surface area contributed by atoms with Crippen LogP contribution in [-0.4, -0.2) is 20.6 Å². The summed E-state index contributed by atoms with van der Waals surface area (Å²) in [5.41, 5.74) is 4.86.